The van der Waals surface area contributed by atoms with Gasteiger partial charge in [-0.1, -0.05) is 24.2 Å². The maximum atomic E-state index is 11.8. The molecule has 31 heavy (non-hydrogen) atoms. The van der Waals surface area contributed by atoms with Crippen LogP contribution >= 0.6 is 0 Å². The number of aromatic nitrogens is 1. The van der Waals surface area contributed by atoms with Crippen LogP contribution in [0.5, 0.6) is 0 Å². The molecule has 1 amide bonds. The van der Waals surface area contributed by atoms with E-state index < -0.39 is 11.7 Å². The molecule has 8 heteroatoms. The number of carbonyl (C=O) groups excluding carboxylic acids is 1. The highest BCUT2D eigenvalue weighted by Gasteiger charge is 2.17. The van der Waals surface area contributed by atoms with Crippen LogP contribution in [0.2, 0.25) is 0 Å². The molecule has 2 aromatic rings. The van der Waals surface area contributed by atoms with Crippen LogP contribution in [-0.2, 0) is 11.2 Å². The number of ether oxygens (including phenoxy) is 1. The number of aryl methyl sites for hydroxylation is 2. The maximum Gasteiger partial charge on any atom is 0.412 e. The number of hydrogen-bond acceptors (Lipinski definition) is 5. The molecule has 0 saturated carbocycles. The van der Waals surface area contributed by atoms with Crippen molar-refractivity contribution in [3.63, 3.8) is 0 Å². The highest BCUT2D eigenvalue weighted by atomic mass is 16.6. The van der Waals surface area contributed by atoms with Gasteiger partial charge in [-0.3, -0.25) is 10.3 Å². The lowest BCUT2D eigenvalue weighted by Gasteiger charge is -2.19. The van der Waals surface area contributed by atoms with Gasteiger partial charge in [0.05, 0.1) is 5.69 Å². The van der Waals surface area contributed by atoms with Gasteiger partial charge in [0.15, 0.2) is 5.96 Å². The van der Waals surface area contributed by atoms with Crippen LogP contribution in [0.3, 0.4) is 0 Å². The highest BCUT2D eigenvalue weighted by Crippen LogP contribution is 2.22. The van der Waals surface area contributed by atoms with Gasteiger partial charge in [0.25, 0.3) is 0 Å². The third-order valence-electron chi connectivity index (χ3n) is 4.69. The zero-order chi connectivity index (χ0) is 23.0. The van der Waals surface area contributed by atoms with Crippen LogP contribution in [0.25, 0.3) is 0 Å². The van der Waals surface area contributed by atoms with Gasteiger partial charge in [0.1, 0.15) is 11.4 Å². The number of hydrogen-bond donors (Lipinski definition) is 3. The second kappa shape index (κ2) is 10.8. The SMILES string of the molecule is CN=C(NCCc1ccc(NC(=O)OC(C)(C)C)cc1)NCC(C)c1c(C)noc1C. The first-order valence-corrected chi connectivity index (χ1v) is 10.5. The Labute approximate surface area is 184 Å². The van der Waals surface area contributed by atoms with Crippen molar-refractivity contribution in [2.24, 2.45) is 4.99 Å². The number of carbonyl (C=O) groups is 1. The molecule has 1 atom stereocenters. The number of rotatable bonds is 7. The minimum absolute atomic E-state index is 0.259. The van der Waals surface area contributed by atoms with Crippen molar-refractivity contribution in [2.45, 2.75) is 59.5 Å². The first-order chi connectivity index (χ1) is 14.6. The molecule has 0 aliphatic heterocycles. The molecule has 170 valence electrons. The monoisotopic (exact) mass is 429 g/mol. The second-order valence-corrected chi connectivity index (χ2v) is 8.59. The molecular weight excluding hydrogens is 394 g/mol. The van der Waals surface area contributed by atoms with Crippen LogP contribution in [0, 0.1) is 13.8 Å². The zero-order valence-corrected chi connectivity index (χ0v) is 19.6. The quantitative estimate of drug-likeness (QED) is 0.452. The van der Waals surface area contributed by atoms with E-state index in [9.17, 15) is 4.79 Å². The number of aliphatic imine (C=N–C) groups is 1. The summed E-state index contributed by atoms with van der Waals surface area (Å²) in [6, 6.07) is 7.73. The average Bonchev–Trinajstić information content (AvgIpc) is 3.02. The molecule has 1 heterocycles. The van der Waals surface area contributed by atoms with Crippen molar-refractivity contribution >= 4 is 17.7 Å². The lowest BCUT2D eigenvalue weighted by molar-refractivity contribution is 0.0636. The Balaban J connectivity index is 1.76. The summed E-state index contributed by atoms with van der Waals surface area (Å²) in [7, 11) is 1.76. The van der Waals surface area contributed by atoms with E-state index in [2.05, 4.69) is 33.0 Å². The molecule has 0 aliphatic rings. The van der Waals surface area contributed by atoms with Gasteiger partial charge < -0.3 is 19.9 Å². The number of nitrogens with one attached hydrogen (secondary N) is 3. The van der Waals surface area contributed by atoms with Gasteiger partial charge in [0, 0.05) is 37.3 Å². The van der Waals surface area contributed by atoms with Gasteiger partial charge in [-0.2, -0.15) is 0 Å². The summed E-state index contributed by atoms with van der Waals surface area (Å²) in [4.78, 5) is 16.1. The molecule has 0 aliphatic carbocycles. The highest BCUT2D eigenvalue weighted by molar-refractivity contribution is 5.84. The molecule has 0 bridgehead atoms. The van der Waals surface area contributed by atoms with E-state index >= 15 is 0 Å². The second-order valence-electron chi connectivity index (χ2n) is 8.59. The van der Waals surface area contributed by atoms with E-state index in [1.54, 1.807) is 7.05 Å². The van der Waals surface area contributed by atoms with E-state index in [1.807, 2.05) is 58.9 Å². The van der Waals surface area contributed by atoms with E-state index in [-0.39, 0.29) is 5.92 Å². The minimum atomic E-state index is -0.521. The van der Waals surface area contributed by atoms with E-state index in [0.717, 1.165) is 48.1 Å². The topological polar surface area (TPSA) is 101 Å². The number of nitrogens with zero attached hydrogens (tertiary/aromatic N) is 2. The Hall–Kier alpha value is -3.03. The number of benzene rings is 1. The summed E-state index contributed by atoms with van der Waals surface area (Å²) in [6.45, 7) is 13.0. The molecule has 2 rings (SSSR count). The molecule has 0 saturated heterocycles. The molecule has 0 radical (unpaired) electrons. The van der Waals surface area contributed by atoms with Gasteiger partial charge in [-0.25, -0.2) is 4.79 Å². The maximum absolute atomic E-state index is 11.8. The number of amides is 1. The first kappa shape index (κ1) is 24.2. The zero-order valence-electron chi connectivity index (χ0n) is 19.6. The lowest BCUT2D eigenvalue weighted by atomic mass is 10.00. The van der Waals surface area contributed by atoms with Gasteiger partial charge in [-0.05, 0) is 58.7 Å². The molecule has 8 nitrogen and oxygen atoms in total. The van der Waals surface area contributed by atoms with E-state index in [0.29, 0.717) is 5.69 Å². The van der Waals surface area contributed by atoms with Gasteiger partial charge >= 0.3 is 6.09 Å². The molecular formula is C23H35N5O3. The van der Waals surface area contributed by atoms with Crippen LogP contribution in [0.15, 0.2) is 33.8 Å². The fourth-order valence-electron chi connectivity index (χ4n) is 3.27. The molecule has 3 N–H and O–H groups in total. The fraction of sp³-hybridized carbons (Fsp3) is 0.522. The third-order valence-corrected chi connectivity index (χ3v) is 4.69. The van der Waals surface area contributed by atoms with E-state index in [4.69, 9.17) is 9.26 Å². The molecule has 0 spiro atoms. The summed E-state index contributed by atoms with van der Waals surface area (Å²) >= 11 is 0. The summed E-state index contributed by atoms with van der Waals surface area (Å²) in [5.74, 6) is 1.87. The van der Waals surface area contributed by atoms with Crippen molar-refractivity contribution in [3.05, 3.63) is 46.8 Å². The largest absolute Gasteiger partial charge is 0.444 e. The predicted molar refractivity (Wildman–Crippen MR) is 124 cm³/mol. The van der Waals surface area contributed by atoms with E-state index in [1.165, 1.54) is 0 Å². The summed E-state index contributed by atoms with van der Waals surface area (Å²) in [5, 5.41) is 13.5. The summed E-state index contributed by atoms with van der Waals surface area (Å²) in [6.07, 6.45) is 0.370. The predicted octanol–water partition coefficient (Wildman–Crippen LogP) is 4.15. The Kier molecular flexibility index (Phi) is 8.47. The van der Waals surface area contributed by atoms with Gasteiger partial charge in [-0.15, -0.1) is 0 Å². The first-order valence-electron chi connectivity index (χ1n) is 10.5. The number of guanidine groups is 1. The van der Waals surface area contributed by atoms with Crippen molar-refractivity contribution in [1.82, 2.24) is 15.8 Å². The van der Waals surface area contributed by atoms with Crippen molar-refractivity contribution < 1.29 is 14.1 Å². The average molecular weight is 430 g/mol. The Morgan fingerprint density at radius 3 is 2.42 bits per heavy atom. The van der Waals surface area contributed by atoms with Crippen molar-refractivity contribution in [1.29, 1.82) is 0 Å². The van der Waals surface area contributed by atoms with Crippen LogP contribution in [0.1, 0.15) is 56.2 Å². The van der Waals surface area contributed by atoms with Crippen LogP contribution in [-0.4, -0.2) is 42.9 Å². The number of anilines is 1. The van der Waals surface area contributed by atoms with Gasteiger partial charge in [0.2, 0.25) is 0 Å². The van der Waals surface area contributed by atoms with Crippen molar-refractivity contribution in [2.75, 3.05) is 25.5 Å². The smallest absolute Gasteiger partial charge is 0.412 e. The standard InChI is InChI=1S/C23H35N5O3/c1-15(20-16(2)28-31-17(20)3)14-26-21(24-7)25-13-12-18-8-10-19(11-9-18)27-22(29)30-23(4,5)6/h8-11,15H,12-14H2,1-7H3,(H,27,29)(H2,24,25,26). The fourth-order valence-corrected chi connectivity index (χ4v) is 3.27. The minimum Gasteiger partial charge on any atom is -0.444 e. The Morgan fingerprint density at radius 1 is 1.19 bits per heavy atom. The lowest BCUT2D eigenvalue weighted by Crippen LogP contribution is -2.40. The Bertz CT molecular complexity index is 862. The summed E-state index contributed by atoms with van der Waals surface area (Å²) < 4.78 is 10.5. The normalized spacial score (nSPS) is 12.9. The molecule has 1 unspecified atom stereocenters. The molecule has 1 aromatic heterocycles. The van der Waals surface area contributed by atoms with Crippen molar-refractivity contribution in [3.8, 4) is 0 Å². The Morgan fingerprint density at radius 2 is 1.87 bits per heavy atom. The molecule has 1 aromatic carbocycles. The van der Waals surface area contributed by atoms with Crippen LogP contribution in [0.4, 0.5) is 10.5 Å². The van der Waals surface area contributed by atoms with Crippen LogP contribution < -0.4 is 16.0 Å². The molecule has 0 fully saturated rings. The third kappa shape index (κ3) is 7.96. The summed E-state index contributed by atoms with van der Waals surface area (Å²) in [5.41, 5.74) is 3.41.